The van der Waals surface area contributed by atoms with Crippen molar-refractivity contribution in [3.05, 3.63) is 53.6 Å². The molecule has 6 heteroatoms. The lowest BCUT2D eigenvalue weighted by Crippen LogP contribution is -2.29. The topological polar surface area (TPSA) is 58.1 Å². The lowest BCUT2D eigenvalue weighted by atomic mass is 10.1. The number of hydrogen-bond acceptors (Lipinski definition) is 4. The third-order valence-corrected chi connectivity index (χ3v) is 3.56. The van der Waals surface area contributed by atoms with Crippen LogP contribution in [0.5, 0.6) is 0 Å². The van der Waals surface area contributed by atoms with E-state index in [4.69, 9.17) is 0 Å². The van der Waals surface area contributed by atoms with Crippen molar-refractivity contribution in [3.8, 4) is 0 Å². The van der Waals surface area contributed by atoms with Gasteiger partial charge in [-0.05, 0) is 38.0 Å². The molecular weight excluding hydrogens is 295 g/mol. The van der Waals surface area contributed by atoms with Crippen LogP contribution in [0.3, 0.4) is 0 Å². The second kappa shape index (κ2) is 8.22. The highest BCUT2D eigenvalue weighted by Crippen LogP contribution is 2.08. The Morgan fingerprint density at radius 3 is 2.65 bits per heavy atom. The first-order valence-electron chi connectivity index (χ1n) is 7.75. The van der Waals surface area contributed by atoms with E-state index in [1.807, 2.05) is 18.7 Å². The molecule has 0 saturated carbocycles. The zero-order valence-electron chi connectivity index (χ0n) is 13.4. The van der Waals surface area contributed by atoms with Crippen LogP contribution in [0.15, 0.2) is 36.5 Å². The molecule has 1 aromatic heterocycles. The van der Waals surface area contributed by atoms with Gasteiger partial charge in [-0.2, -0.15) is 0 Å². The minimum atomic E-state index is -0.280. The van der Waals surface area contributed by atoms with Crippen molar-refractivity contribution in [2.75, 3.05) is 24.5 Å². The second-order valence-electron chi connectivity index (χ2n) is 5.01. The van der Waals surface area contributed by atoms with Gasteiger partial charge in [0.2, 0.25) is 5.95 Å². The Bertz CT molecular complexity index is 659. The summed E-state index contributed by atoms with van der Waals surface area (Å²) in [6.45, 7) is 5.91. The molecule has 122 valence electrons. The summed E-state index contributed by atoms with van der Waals surface area (Å²) in [7, 11) is 0. The van der Waals surface area contributed by atoms with E-state index in [0.717, 1.165) is 13.1 Å². The molecule has 0 aliphatic heterocycles. The van der Waals surface area contributed by atoms with Crippen LogP contribution < -0.4 is 10.2 Å². The lowest BCUT2D eigenvalue weighted by molar-refractivity contribution is 0.0949. The lowest BCUT2D eigenvalue weighted by Gasteiger charge is -2.18. The zero-order chi connectivity index (χ0) is 16.7. The van der Waals surface area contributed by atoms with Crippen molar-refractivity contribution in [1.29, 1.82) is 0 Å². The van der Waals surface area contributed by atoms with Gasteiger partial charge in [-0.3, -0.25) is 4.79 Å². The highest BCUT2D eigenvalue weighted by molar-refractivity contribution is 5.92. The summed E-state index contributed by atoms with van der Waals surface area (Å²) in [6.07, 6.45) is 2.01. The van der Waals surface area contributed by atoms with Crippen LogP contribution in [0.2, 0.25) is 0 Å². The SMILES string of the molecule is CCN(CC)c1nccc(C(=O)NCCc2ccccc2F)n1. The molecule has 23 heavy (non-hydrogen) atoms. The van der Waals surface area contributed by atoms with E-state index in [1.165, 1.54) is 6.07 Å². The first kappa shape index (κ1) is 16.9. The molecule has 0 bridgehead atoms. The smallest absolute Gasteiger partial charge is 0.270 e. The second-order valence-corrected chi connectivity index (χ2v) is 5.01. The average Bonchev–Trinajstić information content (AvgIpc) is 2.58. The van der Waals surface area contributed by atoms with E-state index in [0.29, 0.717) is 30.2 Å². The fourth-order valence-electron chi connectivity index (χ4n) is 2.24. The highest BCUT2D eigenvalue weighted by atomic mass is 19.1. The molecule has 1 aromatic carbocycles. The number of hydrogen-bond donors (Lipinski definition) is 1. The van der Waals surface area contributed by atoms with Crippen LogP contribution in [0.4, 0.5) is 10.3 Å². The molecule has 0 fully saturated rings. The number of aromatic nitrogens is 2. The average molecular weight is 316 g/mol. The maximum atomic E-state index is 13.5. The molecule has 1 amide bonds. The first-order valence-corrected chi connectivity index (χ1v) is 7.75. The van der Waals surface area contributed by atoms with Crippen molar-refractivity contribution in [3.63, 3.8) is 0 Å². The maximum absolute atomic E-state index is 13.5. The van der Waals surface area contributed by atoms with E-state index in [9.17, 15) is 9.18 Å². The van der Waals surface area contributed by atoms with Gasteiger partial charge in [0.1, 0.15) is 11.5 Å². The molecule has 2 rings (SSSR count). The predicted molar refractivity (Wildman–Crippen MR) is 88.0 cm³/mol. The van der Waals surface area contributed by atoms with Gasteiger partial charge in [-0.15, -0.1) is 0 Å². The van der Waals surface area contributed by atoms with Crippen LogP contribution in [-0.2, 0) is 6.42 Å². The Morgan fingerprint density at radius 2 is 1.96 bits per heavy atom. The Hall–Kier alpha value is -2.50. The summed E-state index contributed by atoms with van der Waals surface area (Å²) in [5.41, 5.74) is 0.898. The number of carbonyl (C=O) groups is 1. The van der Waals surface area contributed by atoms with Crippen molar-refractivity contribution < 1.29 is 9.18 Å². The summed E-state index contributed by atoms with van der Waals surface area (Å²) in [4.78, 5) is 22.6. The van der Waals surface area contributed by atoms with Gasteiger partial charge in [0, 0.05) is 25.8 Å². The normalized spacial score (nSPS) is 10.4. The van der Waals surface area contributed by atoms with Gasteiger partial charge in [0.25, 0.3) is 5.91 Å². The molecule has 1 heterocycles. The number of nitrogens with one attached hydrogen (secondary N) is 1. The van der Waals surface area contributed by atoms with Crippen LogP contribution >= 0.6 is 0 Å². The largest absolute Gasteiger partial charge is 0.350 e. The number of amides is 1. The fraction of sp³-hybridized carbons (Fsp3) is 0.353. The molecule has 1 N–H and O–H groups in total. The molecule has 2 aromatic rings. The number of carbonyl (C=O) groups excluding carboxylic acids is 1. The summed E-state index contributed by atoms with van der Waals surface area (Å²) >= 11 is 0. The fourth-order valence-corrected chi connectivity index (χ4v) is 2.24. The Morgan fingerprint density at radius 1 is 1.22 bits per heavy atom. The maximum Gasteiger partial charge on any atom is 0.270 e. The molecule has 0 aliphatic carbocycles. The monoisotopic (exact) mass is 316 g/mol. The molecule has 0 saturated heterocycles. The molecule has 0 aliphatic rings. The quantitative estimate of drug-likeness (QED) is 0.852. The third-order valence-electron chi connectivity index (χ3n) is 3.56. The molecule has 0 spiro atoms. The van der Waals surface area contributed by atoms with E-state index >= 15 is 0 Å². The Labute approximate surface area is 135 Å². The van der Waals surface area contributed by atoms with Gasteiger partial charge < -0.3 is 10.2 Å². The standard InChI is InChI=1S/C17H21FN4O/c1-3-22(4-2)17-20-12-10-15(21-17)16(23)19-11-9-13-7-5-6-8-14(13)18/h5-8,10,12H,3-4,9,11H2,1-2H3,(H,19,23). The molecule has 0 radical (unpaired) electrons. The van der Waals surface area contributed by atoms with Crippen molar-refractivity contribution >= 4 is 11.9 Å². The van der Waals surface area contributed by atoms with Gasteiger partial charge in [-0.25, -0.2) is 14.4 Å². The Balaban J connectivity index is 1.96. The van der Waals surface area contributed by atoms with Gasteiger partial charge >= 0.3 is 0 Å². The van der Waals surface area contributed by atoms with Crippen LogP contribution in [0, 0.1) is 5.82 Å². The molecule has 0 unspecified atom stereocenters. The minimum absolute atomic E-state index is 0.257. The van der Waals surface area contributed by atoms with Crippen molar-refractivity contribution in [2.24, 2.45) is 0 Å². The Kier molecular flexibility index (Phi) is 6.02. The van der Waals surface area contributed by atoms with E-state index in [2.05, 4.69) is 15.3 Å². The molecular formula is C17H21FN4O. The summed E-state index contributed by atoms with van der Waals surface area (Å²) < 4.78 is 13.5. The van der Waals surface area contributed by atoms with Gasteiger partial charge in [0.05, 0.1) is 0 Å². The molecule has 5 nitrogen and oxygen atoms in total. The predicted octanol–water partition coefficient (Wildman–Crippen LogP) is 2.43. The summed E-state index contributed by atoms with van der Waals surface area (Å²) in [6, 6.07) is 8.13. The van der Waals surface area contributed by atoms with E-state index in [1.54, 1.807) is 30.5 Å². The number of anilines is 1. The highest BCUT2D eigenvalue weighted by Gasteiger charge is 2.11. The third kappa shape index (κ3) is 4.48. The minimum Gasteiger partial charge on any atom is -0.350 e. The van der Waals surface area contributed by atoms with Gasteiger partial charge in [0.15, 0.2) is 0 Å². The molecule has 0 atom stereocenters. The van der Waals surface area contributed by atoms with Crippen molar-refractivity contribution in [1.82, 2.24) is 15.3 Å². The summed E-state index contributed by atoms with van der Waals surface area (Å²) in [5.74, 6) is 0.00139. The van der Waals surface area contributed by atoms with Crippen molar-refractivity contribution in [2.45, 2.75) is 20.3 Å². The van der Waals surface area contributed by atoms with Crippen LogP contribution in [-0.4, -0.2) is 35.5 Å². The number of halogens is 1. The van der Waals surface area contributed by atoms with Crippen LogP contribution in [0.25, 0.3) is 0 Å². The van der Waals surface area contributed by atoms with E-state index in [-0.39, 0.29) is 11.7 Å². The first-order chi connectivity index (χ1) is 11.2. The van der Waals surface area contributed by atoms with E-state index < -0.39 is 0 Å². The van der Waals surface area contributed by atoms with Crippen LogP contribution in [0.1, 0.15) is 29.9 Å². The summed E-state index contributed by atoms with van der Waals surface area (Å²) in [5, 5.41) is 2.76. The van der Waals surface area contributed by atoms with Gasteiger partial charge in [-0.1, -0.05) is 18.2 Å². The number of benzene rings is 1. The number of nitrogens with zero attached hydrogens (tertiary/aromatic N) is 3. The zero-order valence-corrected chi connectivity index (χ0v) is 13.4. The number of rotatable bonds is 7.